The first-order valence-electron chi connectivity index (χ1n) is 6.57. The molecule has 0 amide bonds. The summed E-state index contributed by atoms with van der Waals surface area (Å²) >= 11 is 3.55. The van der Waals surface area contributed by atoms with Gasteiger partial charge in [-0.05, 0) is 48.7 Å². The molecule has 2 aromatic carbocycles. The Bertz CT molecular complexity index is 770. The first-order chi connectivity index (χ1) is 9.77. The number of benzene rings is 2. The average molecular weight is 368 g/mol. The van der Waals surface area contributed by atoms with Crippen molar-refractivity contribution in [3.05, 3.63) is 57.6 Å². The monoisotopic (exact) mass is 367 g/mol. The fraction of sp³-hybridized carbons (Fsp3) is 0.250. The lowest BCUT2D eigenvalue weighted by molar-refractivity contribution is 0.602. The molecule has 0 aromatic heterocycles. The molecule has 0 fully saturated rings. The van der Waals surface area contributed by atoms with E-state index >= 15 is 0 Å². The van der Waals surface area contributed by atoms with E-state index in [2.05, 4.69) is 39.4 Å². The number of nitrogens with one attached hydrogen (secondary N) is 1. The highest BCUT2D eigenvalue weighted by atomic mass is 79.9. The third kappa shape index (κ3) is 4.08. The molecule has 0 bridgehead atoms. The van der Waals surface area contributed by atoms with E-state index in [1.54, 1.807) is 12.1 Å². The van der Waals surface area contributed by atoms with Crippen LogP contribution in [-0.4, -0.2) is 14.7 Å². The Morgan fingerprint density at radius 2 is 1.81 bits per heavy atom. The van der Waals surface area contributed by atoms with Crippen molar-refractivity contribution in [1.82, 2.24) is 0 Å². The Labute approximate surface area is 134 Å². The first-order valence-corrected chi connectivity index (χ1v) is 9.25. The zero-order chi connectivity index (χ0) is 15.6. The molecule has 0 atom stereocenters. The van der Waals surface area contributed by atoms with Gasteiger partial charge in [-0.1, -0.05) is 34.1 Å². The quantitative estimate of drug-likeness (QED) is 0.885. The fourth-order valence-corrected chi connectivity index (χ4v) is 3.29. The van der Waals surface area contributed by atoms with E-state index in [0.29, 0.717) is 11.4 Å². The number of rotatable bonds is 4. The lowest BCUT2D eigenvalue weighted by atomic mass is 10.1. The van der Waals surface area contributed by atoms with Gasteiger partial charge in [0.2, 0.25) is 0 Å². The van der Waals surface area contributed by atoms with Crippen LogP contribution in [-0.2, 0) is 16.4 Å². The minimum atomic E-state index is -3.19. The second-order valence-corrected chi connectivity index (χ2v) is 8.07. The summed E-state index contributed by atoms with van der Waals surface area (Å²) in [4.78, 5) is 0.332. The molecule has 0 spiro atoms. The Kier molecular flexibility index (Phi) is 4.74. The second-order valence-electron chi connectivity index (χ2n) is 5.20. The molecule has 0 aliphatic carbocycles. The van der Waals surface area contributed by atoms with Gasteiger partial charge in [0.05, 0.1) is 4.90 Å². The number of halogens is 1. The van der Waals surface area contributed by atoms with Crippen LogP contribution >= 0.6 is 15.9 Å². The van der Waals surface area contributed by atoms with Crippen molar-refractivity contribution < 1.29 is 8.42 Å². The van der Waals surface area contributed by atoms with Gasteiger partial charge in [-0.2, -0.15) is 0 Å². The molecule has 5 heteroatoms. The topological polar surface area (TPSA) is 46.2 Å². The van der Waals surface area contributed by atoms with Crippen LogP contribution in [0.1, 0.15) is 16.7 Å². The summed E-state index contributed by atoms with van der Waals surface area (Å²) in [6.07, 6.45) is 1.22. The fourth-order valence-electron chi connectivity index (χ4n) is 2.01. The van der Waals surface area contributed by atoms with E-state index in [9.17, 15) is 8.42 Å². The SMILES string of the molecule is Cc1ccc(CNc2cc(S(C)(=O)=O)ccc2C)c(Br)c1. The van der Waals surface area contributed by atoms with Crippen molar-refractivity contribution in [1.29, 1.82) is 0 Å². The highest BCUT2D eigenvalue weighted by molar-refractivity contribution is 9.10. The van der Waals surface area contributed by atoms with Gasteiger partial charge in [0.15, 0.2) is 9.84 Å². The van der Waals surface area contributed by atoms with E-state index in [1.165, 1.54) is 11.8 Å². The van der Waals surface area contributed by atoms with Crippen LogP contribution in [0, 0.1) is 13.8 Å². The van der Waals surface area contributed by atoms with Crippen LogP contribution in [0.4, 0.5) is 5.69 Å². The van der Waals surface area contributed by atoms with E-state index in [0.717, 1.165) is 21.3 Å². The van der Waals surface area contributed by atoms with Crippen LogP contribution in [0.5, 0.6) is 0 Å². The maximum Gasteiger partial charge on any atom is 0.175 e. The Hall–Kier alpha value is -1.33. The smallest absolute Gasteiger partial charge is 0.175 e. The van der Waals surface area contributed by atoms with Crippen LogP contribution in [0.3, 0.4) is 0 Å². The van der Waals surface area contributed by atoms with Crippen molar-refractivity contribution in [3.63, 3.8) is 0 Å². The number of anilines is 1. The Morgan fingerprint density at radius 3 is 2.43 bits per heavy atom. The van der Waals surface area contributed by atoms with Gasteiger partial charge in [0, 0.05) is 23.0 Å². The molecule has 1 N–H and O–H groups in total. The molecular weight excluding hydrogens is 350 g/mol. The molecule has 0 saturated carbocycles. The van der Waals surface area contributed by atoms with Crippen molar-refractivity contribution >= 4 is 31.5 Å². The van der Waals surface area contributed by atoms with Gasteiger partial charge in [-0.25, -0.2) is 8.42 Å². The zero-order valence-electron chi connectivity index (χ0n) is 12.3. The molecule has 2 aromatic rings. The molecule has 3 nitrogen and oxygen atoms in total. The van der Waals surface area contributed by atoms with Gasteiger partial charge in [-0.15, -0.1) is 0 Å². The van der Waals surface area contributed by atoms with Crippen LogP contribution in [0.25, 0.3) is 0 Å². The maximum atomic E-state index is 11.6. The third-order valence-electron chi connectivity index (χ3n) is 3.32. The zero-order valence-corrected chi connectivity index (χ0v) is 14.7. The number of sulfone groups is 1. The van der Waals surface area contributed by atoms with Crippen LogP contribution in [0.15, 0.2) is 45.8 Å². The largest absolute Gasteiger partial charge is 0.381 e. The number of hydrogen-bond donors (Lipinski definition) is 1. The molecule has 21 heavy (non-hydrogen) atoms. The molecule has 0 aliphatic heterocycles. The second kappa shape index (κ2) is 6.20. The molecular formula is C16H18BrNO2S. The summed E-state index contributed by atoms with van der Waals surface area (Å²) in [6, 6.07) is 11.3. The number of aryl methyl sites for hydroxylation is 2. The minimum absolute atomic E-state index is 0.332. The van der Waals surface area contributed by atoms with Gasteiger partial charge < -0.3 is 5.32 Å². The van der Waals surface area contributed by atoms with Gasteiger partial charge in [0.1, 0.15) is 0 Å². The van der Waals surface area contributed by atoms with E-state index in [-0.39, 0.29) is 0 Å². The van der Waals surface area contributed by atoms with E-state index in [4.69, 9.17) is 0 Å². The van der Waals surface area contributed by atoms with Crippen LogP contribution in [0.2, 0.25) is 0 Å². The molecule has 0 heterocycles. The standard InChI is InChI=1S/C16H18BrNO2S/c1-11-4-6-13(15(17)8-11)10-18-16-9-14(21(3,19)20)7-5-12(16)2/h4-9,18H,10H2,1-3H3. The highest BCUT2D eigenvalue weighted by Crippen LogP contribution is 2.23. The van der Waals surface area contributed by atoms with Crippen molar-refractivity contribution in [3.8, 4) is 0 Å². The van der Waals surface area contributed by atoms with Crippen molar-refractivity contribution in [2.75, 3.05) is 11.6 Å². The maximum absolute atomic E-state index is 11.6. The van der Waals surface area contributed by atoms with E-state index in [1.807, 2.05) is 19.9 Å². The predicted octanol–water partition coefficient (Wildman–Crippen LogP) is 4.08. The Morgan fingerprint density at radius 1 is 1.10 bits per heavy atom. The lowest BCUT2D eigenvalue weighted by Gasteiger charge is -2.12. The summed E-state index contributed by atoms with van der Waals surface area (Å²) < 4.78 is 24.3. The molecule has 2 rings (SSSR count). The summed E-state index contributed by atoms with van der Waals surface area (Å²) in [5.41, 5.74) is 4.18. The Balaban J connectivity index is 2.23. The molecule has 0 aliphatic rings. The normalized spacial score (nSPS) is 11.4. The van der Waals surface area contributed by atoms with Crippen LogP contribution < -0.4 is 5.32 Å². The summed E-state index contributed by atoms with van der Waals surface area (Å²) in [6.45, 7) is 4.63. The van der Waals surface area contributed by atoms with Gasteiger partial charge in [0.25, 0.3) is 0 Å². The molecule has 0 saturated heterocycles. The van der Waals surface area contributed by atoms with Crippen molar-refractivity contribution in [2.24, 2.45) is 0 Å². The summed E-state index contributed by atoms with van der Waals surface area (Å²) in [7, 11) is -3.19. The first kappa shape index (κ1) is 16.0. The summed E-state index contributed by atoms with van der Waals surface area (Å²) in [5.74, 6) is 0. The number of hydrogen-bond acceptors (Lipinski definition) is 3. The van der Waals surface area contributed by atoms with Crippen molar-refractivity contribution in [2.45, 2.75) is 25.3 Å². The molecule has 0 radical (unpaired) electrons. The van der Waals surface area contributed by atoms with E-state index < -0.39 is 9.84 Å². The highest BCUT2D eigenvalue weighted by Gasteiger charge is 2.09. The molecule has 112 valence electrons. The minimum Gasteiger partial charge on any atom is -0.381 e. The average Bonchev–Trinajstić information content (AvgIpc) is 2.38. The predicted molar refractivity (Wildman–Crippen MR) is 90.5 cm³/mol. The molecule has 0 unspecified atom stereocenters. The van der Waals surface area contributed by atoms with Gasteiger partial charge in [-0.3, -0.25) is 0 Å². The lowest BCUT2D eigenvalue weighted by Crippen LogP contribution is -2.04. The third-order valence-corrected chi connectivity index (χ3v) is 5.16. The summed E-state index contributed by atoms with van der Waals surface area (Å²) in [5, 5.41) is 3.31. The van der Waals surface area contributed by atoms with Gasteiger partial charge >= 0.3 is 0 Å².